The Morgan fingerprint density at radius 2 is 0.800 bits per heavy atom. The van der Waals surface area contributed by atoms with Crippen molar-refractivity contribution in [3.63, 3.8) is 0 Å². The van der Waals surface area contributed by atoms with Gasteiger partial charge in [0.1, 0.15) is 21.2 Å². The minimum Gasteiger partial charge on any atom is -0.396 e. The van der Waals surface area contributed by atoms with E-state index in [-0.39, 0.29) is 64.5 Å². The van der Waals surface area contributed by atoms with Gasteiger partial charge in [-0.3, -0.25) is 9.11 Å². The van der Waals surface area contributed by atoms with Gasteiger partial charge in [-0.15, -0.1) is 0 Å². The minimum absolute atomic E-state index is 0.0163. The number of anilines is 2. The predicted octanol–water partition coefficient (Wildman–Crippen LogP) is 10.6. The van der Waals surface area contributed by atoms with Crippen LogP contribution in [0.1, 0.15) is 0 Å². The number of fused-ring (bicyclic) bond motifs is 2. The molecule has 0 heterocycles. The van der Waals surface area contributed by atoms with E-state index in [0.717, 1.165) is 0 Å². The van der Waals surface area contributed by atoms with Crippen LogP contribution in [0.3, 0.4) is 0 Å². The normalized spacial score (nSPS) is 12.0. The lowest BCUT2D eigenvalue weighted by molar-refractivity contribution is 0.481. The molecule has 0 aromatic heterocycles. The number of nitrogen functional groups attached to an aromatic ring is 2. The van der Waals surface area contributed by atoms with E-state index in [1.54, 1.807) is 48.5 Å². The molecular formula is C32H20Cl4N6O6S2. The Morgan fingerprint density at radius 1 is 0.520 bits per heavy atom. The Hall–Kier alpha value is -4.38. The van der Waals surface area contributed by atoms with Crippen LogP contribution in [-0.2, 0) is 20.2 Å². The molecule has 254 valence electrons. The molecule has 0 saturated carbocycles. The minimum atomic E-state index is -5.05. The van der Waals surface area contributed by atoms with Gasteiger partial charge in [-0.05, 0) is 46.2 Å². The van der Waals surface area contributed by atoms with Gasteiger partial charge >= 0.3 is 0 Å². The molecular weight excluding hydrogens is 770 g/mol. The molecule has 0 unspecified atom stereocenters. The zero-order chi connectivity index (χ0) is 36.4. The molecule has 18 heteroatoms. The number of hydrogen-bond acceptors (Lipinski definition) is 10. The molecule has 0 atom stereocenters. The molecule has 0 spiro atoms. The zero-order valence-corrected chi connectivity index (χ0v) is 29.5. The molecule has 8 N–H and O–H groups in total. The van der Waals surface area contributed by atoms with Crippen molar-refractivity contribution in [3.05, 3.63) is 92.9 Å². The fourth-order valence-corrected chi connectivity index (χ4v) is 9.12. The van der Waals surface area contributed by atoms with Crippen molar-refractivity contribution in [1.82, 2.24) is 0 Å². The molecule has 50 heavy (non-hydrogen) atoms. The van der Waals surface area contributed by atoms with Gasteiger partial charge in [-0.1, -0.05) is 94.9 Å². The second kappa shape index (κ2) is 12.7. The van der Waals surface area contributed by atoms with Gasteiger partial charge in [0.15, 0.2) is 0 Å². The molecule has 0 saturated heterocycles. The predicted molar refractivity (Wildman–Crippen MR) is 196 cm³/mol. The van der Waals surface area contributed by atoms with Crippen molar-refractivity contribution in [1.29, 1.82) is 11.1 Å². The Labute approximate surface area is 304 Å². The number of rotatable bonds is 7. The number of benzene rings is 6. The van der Waals surface area contributed by atoms with Crippen LogP contribution in [0, 0.1) is 11.1 Å². The van der Waals surface area contributed by atoms with Gasteiger partial charge in [0.2, 0.25) is 0 Å². The molecule has 0 aliphatic rings. The van der Waals surface area contributed by atoms with E-state index in [1.807, 2.05) is 0 Å². The van der Waals surface area contributed by atoms with E-state index >= 15 is 0 Å². The fraction of sp³-hybridized carbons (Fsp3) is 0. The highest BCUT2D eigenvalue weighted by Crippen LogP contribution is 2.52. The maximum absolute atomic E-state index is 12.7. The summed E-state index contributed by atoms with van der Waals surface area (Å²) >= 11 is 27.2. The highest BCUT2D eigenvalue weighted by molar-refractivity contribution is 7.86. The lowest BCUT2D eigenvalue weighted by Crippen LogP contribution is -2.06. The lowest BCUT2D eigenvalue weighted by Gasteiger charge is -2.20. The Morgan fingerprint density at radius 3 is 1.06 bits per heavy atom. The van der Waals surface area contributed by atoms with Crippen LogP contribution >= 0.6 is 46.4 Å². The Kier molecular flexibility index (Phi) is 9.03. The molecule has 12 nitrogen and oxygen atoms in total. The SMILES string of the molecule is N=Nc1c(S(=O)(=O)O)c(-c2c(Cl)cc(-c3cc(Cl)c(-c4c(S(=O)(=O)O)c(N=N)c(N)c5ccccc45)c(Cl)c3)cc2Cl)c2ccccc2c1N. The van der Waals surface area contributed by atoms with Crippen molar-refractivity contribution in [2.75, 3.05) is 11.5 Å². The van der Waals surface area contributed by atoms with Gasteiger partial charge in [0, 0.05) is 33.0 Å². The van der Waals surface area contributed by atoms with Crippen molar-refractivity contribution >= 4 is 111 Å². The van der Waals surface area contributed by atoms with Crippen LogP contribution in [-0.4, -0.2) is 25.9 Å². The summed E-state index contributed by atoms with van der Waals surface area (Å²) in [5.41, 5.74) is 26.7. The van der Waals surface area contributed by atoms with E-state index in [1.165, 1.54) is 24.3 Å². The summed E-state index contributed by atoms with van der Waals surface area (Å²) < 4.78 is 71.5. The quantitative estimate of drug-likeness (QED) is 0.0516. The summed E-state index contributed by atoms with van der Waals surface area (Å²) in [5.74, 6) is 0. The van der Waals surface area contributed by atoms with Gasteiger partial charge in [0.25, 0.3) is 20.2 Å². The van der Waals surface area contributed by atoms with Gasteiger partial charge < -0.3 is 11.5 Å². The highest BCUT2D eigenvalue weighted by Gasteiger charge is 2.32. The second-order valence-corrected chi connectivity index (χ2v) is 15.2. The molecule has 0 amide bonds. The van der Waals surface area contributed by atoms with Gasteiger partial charge in [-0.25, -0.2) is 11.1 Å². The third-order valence-corrected chi connectivity index (χ3v) is 11.0. The number of nitrogens with one attached hydrogen (secondary N) is 2. The lowest BCUT2D eigenvalue weighted by atomic mass is 9.92. The van der Waals surface area contributed by atoms with E-state index in [9.17, 15) is 25.9 Å². The molecule has 6 aromatic carbocycles. The number of nitrogens with two attached hydrogens (primary N) is 2. The van der Waals surface area contributed by atoms with Crippen LogP contribution in [0.4, 0.5) is 22.7 Å². The topological polar surface area (TPSA) is 233 Å². The summed E-state index contributed by atoms with van der Waals surface area (Å²) in [5, 5.41) is 7.42. The summed E-state index contributed by atoms with van der Waals surface area (Å²) in [6.45, 7) is 0. The van der Waals surface area contributed by atoms with E-state index in [4.69, 9.17) is 68.9 Å². The molecule has 6 aromatic rings. The molecule has 0 aliphatic heterocycles. The maximum Gasteiger partial charge on any atom is 0.297 e. The number of halogens is 4. The van der Waals surface area contributed by atoms with E-state index in [2.05, 4.69) is 10.2 Å². The average molecular weight is 790 g/mol. The largest absolute Gasteiger partial charge is 0.396 e. The van der Waals surface area contributed by atoms with Crippen LogP contribution in [0.5, 0.6) is 0 Å². The monoisotopic (exact) mass is 788 g/mol. The van der Waals surface area contributed by atoms with Crippen LogP contribution in [0.25, 0.3) is 54.9 Å². The maximum atomic E-state index is 12.7. The Balaban J connectivity index is 1.62. The van der Waals surface area contributed by atoms with Gasteiger partial charge in [-0.2, -0.15) is 27.1 Å². The zero-order valence-electron chi connectivity index (χ0n) is 24.8. The average Bonchev–Trinajstić information content (AvgIpc) is 3.04. The summed E-state index contributed by atoms with van der Waals surface area (Å²) in [6, 6.07) is 18.5. The standard InChI is InChI=1S/C32H20Cl4N6O6S2/c33-19-9-13(10-20(34)25(19)23-15-5-1-3-7-17(15)27(37)29(41-39)31(23)49(43,44)45)14-11-21(35)26(22(36)12-14)24-16-6-2-4-8-18(16)28(38)30(42-40)32(24)50(46,47)48/h1-12,39-40H,37-38H2,(H,43,44,45)(H,46,47,48). The molecule has 0 fully saturated rings. The number of nitrogens with zero attached hydrogens (tertiary/aromatic N) is 2. The number of hydrogen-bond donors (Lipinski definition) is 6. The second-order valence-electron chi connectivity index (χ2n) is 10.8. The first kappa shape index (κ1) is 35.4. The Bertz CT molecular complexity index is 2490. The summed E-state index contributed by atoms with van der Waals surface area (Å²) in [6.07, 6.45) is 0. The third kappa shape index (κ3) is 5.73. The van der Waals surface area contributed by atoms with Crippen LogP contribution in [0.2, 0.25) is 20.1 Å². The molecule has 0 radical (unpaired) electrons. The third-order valence-electron chi connectivity index (χ3n) is 8.02. The molecule has 0 bridgehead atoms. The van der Waals surface area contributed by atoms with Crippen LogP contribution < -0.4 is 11.5 Å². The van der Waals surface area contributed by atoms with E-state index < -0.39 is 41.4 Å². The van der Waals surface area contributed by atoms with Crippen molar-refractivity contribution in [3.8, 4) is 33.4 Å². The molecule has 6 rings (SSSR count). The van der Waals surface area contributed by atoms with Crippen molar-refractivity contribution in [2.45, 2.75) is 9.79 Å². The van der Waals surface area contributed by atoms with Crippen molar-refractivity contribution < 1.29 is 25.9 Å². The summed E-state index contributed by atoms with van der Waals surface area (Å²) in [7, 11) is -10.1. The summed E-state index contributed by atoms with van der Waals surface area (Å²) in [4.78, 5) is -1.53. The fourth-order valence-electron chi connectivity index (χ4n) is 6.03. The highest BCUT2D eigenvalue weighted by atomic mass is 35.5. The smallest absolute Gasteiger partial charge is 0.297 e. The first-order valence-electron chi connectivity index (χ1n) is 13.9. The van der Waals surface area contributed by atoms with Crippen LogP contribution in [0.15, 0.2) is 92.8 Å². The molecule has 0 aliphatic carbocycles. The van der Waals surface area contributed by atoms with E-state index in [0.29, 0.717) is 21.9 Å². The first-order chi connectivity index (χ1) is 23.5. The van der Waals surface area contributed by atoms with Gasteiger partial charge in [0.05, 0.1) is 31.5 Å². The first-order valence-corrected chi connectivity index (χ1v) is 18.3. The van der Waals surface area contributed by atoms with Crippen molar-refractivity contribution in [2.24, 2.45) is 10.2 Å².